The Morgan fingerprint density at radius 3 is 1.08 bits per heavy atom. The molecule has 0 radical (unpaired) electrons. The molecule has 0 spiro atoms. The first-order chi connectivity index (χ1) is 24.1. The van der Waals surface area contributed by atoms with Crippen molar-refractivity contribution in [1.82, 2.24) is 9.97 Å². The summed E-state index contributed by atoms with van der Waals surface area (Å²) in [5.74, 6) is 4.74. The molecule has 9 nitrogen and oxygen atoms in total. The van der Waals surface area contributed by atoms with Gasteiger partial charge in [0.05, 0.1) is 0 Å². The summed E-state index contributed by atoms with van der Waals surface area (Å²) in [7, 11) is 0. The standard InChI is InChI=1S/C40H36N2O7/c1-29(43-33-19-23-35(24-20-33)45-31-13-5-3-6-14-31)39(47-37-17-9-11-27-41-37)49-40(48-38-18-10-12-28-42-38)30(2)44-34-21-25-36(26-22-34)46-32-15-7-4-8-16-32/h3-30,39-40H,1-2H3. The third-order valence-corrected chi connectivity index (χ3v) is 7.03. The van der Waals surface area contributed by atoms with Gasteiger partial charge in [-0.2, -0.15) is 0 Å². The second-order valence-electron chi connectivity index (χ2n) is 10.9. The van der Waals surface area contributed by atoms with Gasteiger partial charge < -0.3 is 28.4 Å². The summed E-state index contributed by atoms with van der Waals surface area (Å²) in [6, 6.07) is 44.5. The van der Waals surface area contributed by atoms with Crippen molar-refractivity contribution in [2.75, 3.05) is 0 Å². The molecule has 0 N–H and O–H groups in total. The van der Waals surface area contributed by atoms with E-state index in [2.05, 4.69) is 9.97 Å². The fraction of sp³-hybridized carbons (Fsp3) is 0.150. The number of rotatable bonds is 16. The topological polar surface area (TPSA) is 90.4 Å². The van der Waals surface area contributed by atoms with Crippen molar-refractivity contribution in [2.45, 2.75) is 38.6 Å². The van der Waals surface area contributed by atoms with E-state index in [1.54, 1.807) is 36.7 Å². The minimum atomic E-state index is -0.975. The van der Waals surface area contributed by atoms with Crippen molar-refractivity contribution in [3.05, 3.63) is 158 Å². The van der Waals surface area contributed by atoms with Crippen molar-refractivity contribution in [3.8, 4) is 46.3 Å². The molecule has 0 aliphatic heterocycles. The Labute approximate surface area is 285 Å². The van der Waals surface area contributed by atoms with Gasteiger partial charge in [0.1, 0.15) is 34.5 Å². The van der Waals surface area contributed by atoms with Crippen LogP contribution in [0.5, 0.6) is 46.3 Å². The first kappa shape index (κ1) is 32.9. The number of ether oxygens (including phenoxy) is 7. The average Bonchev–Trinajstić information content (AvgIpc) is 3.14. The number of hydrogen-bond donors (Lipinski definition) is 0. The molecule has 4 aromatic carbocycles. The molecule has 0 fully saturated rings. The van der Waals surface area contributed by atoms with E-state index in [0.717, 1.165) is 11.5 Å². The molecule has 248 valence electrons. The molecule has 6 aromatic rings. The normalized spacial score (nSPS) is 13.3. The van der Waals surface area contributed by atoms with Gasteiger partial charge >= 0.3 is 0 Å². The van der Waals surface area contributed by atoms with Gasteiger partial charge in [-0.1, -0.05) is 48.5 Å². The highest BCUT2D eigenvalue weighted by molar-refractivity contribution is 5.36. The molecular weight excluding hydrogens is 620 g/mol. The van der Waals surface area contributed by atoms with E-state index in [1.807, 2.05) is 135 Å². The maximum Gasteiger partial charge on any atom is 0.241 e. The lowest BCUT2D eigenvalue weighted by Crippen LogP contribution is -2.46. The molecule has 4 atom stereocenters. The Morgan fingerprint density at radius 2 is 0.714 bits per heavy atom. The van der Waals surface area contributed by atoms with Crippen LogP contribution < -0.4 is 28.4 Å². The van der Waals surface area contributed by atoms with Gasteiger partial charge in [-0.3, -0.25) is 4.74 Å². The van der Waals surface area contributed by atoms with Crippen molar-refractivity contribution < 1.29 is 33.2 Å². The Bertz CT molecular complexity index is 1680. The van der Waals surface area contributed by atoms with Crippen LogP contribution in [0.1, 0.15) is 13.8 Å². The molecule has 2 aromatic heterocycles. The van der Waals surface area contributed by atoms with Gasteiger partial charge in [0.25, 0.3) is 0 Å². The van der Waals surface area contributed by atoms with Crippen LogP contribution in [0.15, 0.2) is 158 Å². The molecule has 2 heterocycles. The molecule has 0 amide bonds. The van der Waals surface area contributed by atoms with E-state index in [9.17, 15) is 0 Å². The number of hydrogen-bond acceptors (Lipinski definition) is 9. The zero-order valence-electron chi connectivity index (χ0n) is 27.1. The van der Waals surface area contributed by atoms with Crippen molar-refractivity contribution in [2.24, 2.45) is 0 Å². The van der Waals surface area contributed by atoms with Crippen LogP contribution in [0.4, 0.5) is 0 Å². The fourth-order valence-electron chi connectivity index (χ4n) is 4.63. The predicted molar refractivity (Wildman–Crippen MR) is 184 cm³/mol. The lowest BCUT2D eigenvalue weighted by molar-refractivity contribution is -0.236. The number of para-hydroxylation sites is 2. The Kier molecular flexibility index (Phi) is 11.2. The number of aromatic nitrogens is 2. The van der Waals surface area contributed by atoms with Crippen molar-refractivity contribution in [3.63, 3.8) is 0 Å². The van der Waals surface area contributed by atoms with E-state index >= 15 is 0 Å². The molecule has 0 aliphatic carbocycles. The minimum Gasteiger partial charge on any atom is -0.484 e. The van der Waals surface area contributed by atoms with Crippen LogP contribution in [0, 0.1) is 0 Å². The smallest absolute Gasteiger partial charge is 0.241 e. The highest BCUT2D eigenvalue weighted by atomic mass is 16.8. The molecule has 9 heteroatoms. The maximum atomic E-state index is 6.51. The first-order valence-electron chi connectivity index (χ1n) is 15.9. The van der Waals surface area contributed by atoms with Gasteiger partial charge in [0.15, 0.2) is 12.2 Å². The van der Waals surface area contributed by atoms with Gasteiger partial charge in [-0.05, 0) is 98.8 Å². The first-order valence-corrected chi connectivity index (χ1v) is 15.9. The van der Waals surface area contributed by atoms with E-state index in [0.29, 0.717) is 34.8 Å². The molecule has 0 bridgehead atoms. The third kappa shape index (κ3) is 9.96. The predicted octanol–water partition coefficient (Wildman–Crippen LogP) is 9.12. The monoisotopic (exact) mass is 656 g/mol. The van der Waals surface area contributed by atoms with Crippen LogP contribution in [-0.4, -0.2) is 34.8 Å². The second-order valence-corrected chi connectivity index (χ2v) is 10.9. The zero-order valence-corrected chi connectivity index (χ0v) is 27.1. The largest absolute Gasteiger partial charge is 0.484 e. The summed E-state index contributed by atoms with van der Waals surface area (Å²) < 4.78 is 43.4. The quantitative estimate of drug-likeness (QED) is 0.0946. The highest BCUT2D eigenvalue weighted by Crippen LogP contribution is 2.28. The van der Waals surface area contributed by atoms with Crippen LogP contribution >= 0.6 is 0 Å². The third-order valence-electron chi connectivity index (χ3n) is 7.03. The summed E-state index contributed by atoms with van der Waals surface area (Å²) in [4.78, 5) is 8.66. The highest BCUT2D eigenvalue weighted by Gasteiger charge is 2.32. The van der Waals surface area contributed by atoms with Crippen LogP contribution in [0.3, 0.4) is 0 Å². The maximum absolute atomic E-state index is 6.51. The SMILES string of the molecule is CC(Oc1ccc(Oc2ccccc2)cc1)C(Oc1ccccn1)OC(Oc1ccccn1)C(C)Oc1ccc(Oc2ccccc2)cc1. The Morgan fingerprint density at radius 1 is 0.367 bits per heavy atom. The summed E-state index contributed by atoms with van der Waals surface area (Å²) in [5, 5.41) is 0. The Hall–Kier alpha value is -6.06. The number of benzene rings is 4. The van der Waals surface area contributed by atoms with Gasteiger partial charge in [-0.15, -0.1) is 0 Å². The van der Waals surface area contributed by atoms with Gasteiger partial charge in [-0.25, -0.2) is 9.97 Å². The van der Waals surface area contributed by atoms with Crippen LogP contribution in [0.25, 0.3) is 0 Å². The van der Waals surface area contributed by atoms with Crippen molar-refractivity contribution >= 4 is 0 Å². The Balaban J connectivity index is 1.18. The lowest BCUT2D eigenvalue weighted by Gasteiger charge is -2.31. The lowest BCUT2D eigenvalue weighted by atomic mass is 10.3. The summed E-state index contributed by atoms with van der Waals surface area (Å²) in [5.41, 5.74) is 0. The molecular formula is C40H36N2O7. The van der Waals surface area contributed by atoms with Crippen LogP contribution in [0.2, 0.25) is 0 Å². The summed E-state index contributed by atoms with van der Waals surface area (Å²) in [6.45, 7) is 3.69. The fourth-order valence-corrected chi connectivity index (χ4v) is 4.63. The molecule has 6 rings (SSSR count). The zero-order chi connectivity index (χ0) is 33.7. The molecule has 4 unspecified atom stereocenters. The average molecular weight is 657 g/mol. The van der Waals surface area contributed by atoms with Crippen LogP contribution in [-0.2, 0) is 4.74 Å². The van der Waals surface area contributed by atoms with Gasteiger partial charge in [0, 0.05) is 24.5 Å². The van der Waals surface area contributed by atoms with Crippen molar-refractivity contribution in [1.29, 1.82) is 0 Å². The van der Waals surface area contributed by atoms with E-state index in [4.69, 9.17) is 33.2 Å². The molecule has 49 heavy (non-hydrogen) atoms. The number of pyridine rings is 2. The second kappa shape index (κ2) is 16.7. The van der Waals surface area contributed by atoms with E-state index in [-0.39, 0.29) is 0 Å². The summed E-state index contributed by atoms with van der Waals surface area (Å²) >= 11 is 0. The minimum absolute atomic E-state index is 0.355. The van der Waals surface area contributed by atoms with Gasteiger partial charge in [0.2, 0.25) is 24.3 Å². The molecule has 0 saturated carbocycles. The van der Waals surface area contributed by atoms with E-state index in [1.165, 1.54) is 0 Å². The molecule has 0 saturated heterocycles. The summed E-state index contributed by atoms with van der Waals surface area (Å²) in [6.07, 6.45) is 0.0800. The molecule has 0 aliphatic rings. The van der Waals surface area contributed by atoms with E-state index < -0.39 is 24.8 Å². The number of nitrogens with zero attached hydrogens (tertiary/aromatic N) is 2.